The largest absolute Gasteiger partial charge is 0.477 e. The molecule has 0 aliphatic carbocycles. The van der Waals surface area contributed by atoms with Crippen molar-refractivity contribution < 1.29 is 19.2 Å². The molecule has 124 valence electrons. The molecule has 2 aromatic carbocycles. The fourth-order valence-corrected chi connectivity index (χ4v) is 2.18. The highest BCUT2D eigenvalue weighted by Crippen LogP contribution is 2.20. The first kappa shape index (κ1) is 16.2. The molecule has 2 N–H and O–H groups in total. The summed E-state index contributed by atoms with van der Waals surface area (Å²) in [5, 5.41) is 15.5. The van der Waals surface area contributed by atoms with Crippen molar-refractivity contribution >= 4 is 18.0 Å². The highest BCUT2D eigenvalue weighted by atomic mass is 16.5. The Bertz CT molecular complexity index is 915. The number of carboxylic acid groups (broad SMARTS) is 1. The average molecular weight is 334 g/mol. The van der Waals surface area contributed by atoms with Gasteiger partial charge in [0.1, 0.15) is 11.4 Å². The number of hydrogen-bond acceptors (Lipinski definition) is 4. The molecule has 3 rings (SSSR count). The molecule has 0 saturated heterocycles. The van der Waals surface area contributed by atoms with Crippen molar-refractivity contribution in [1.82, 2.24) is 10.5 Å². The first-order valence-electron chi connectivity index (χ1n) is 7.47. The smallest absolute Gasteiger partial charge is 0.352 e. The van der Waals surface area contributed by atoms with Gasteiger partial charge in [0, 0.05) is 17.2 Å². The number of nitrogens with one attached hydrogen (secondary N) is 1. The van der Waals surface area contributed by atoms with Crippen LogP contribution in [0.4, 0.5) is 0 Å². The quantitative estimate of drug-likeness (QED) is 0.699. The highest BCUT2D eigenvalue weighted by molar-refractivity contribution is 6.02. The monoisotopic (exact) mass is 334 g/mol. The summed E-state index contributed by atoms with van der Waals surface area (Å²) in [4.78, 5) is 23.5. The van der Waals surface area contributed by atoms with E-state index in [1.54, 1.807) is 36.4 Å². The molecule has 0 aliphatic rings. The Kier molecular flexibility index (Phi) is 4.71. The Morgan fingerprint density at radius 3 is 2.28 bits per heavy atom. The Labute approximate surface area is 143 Å². The zero-order valence-electron chi connectivity index (χ0n) is 13.0. The standard InChI is InChI=1S/C19H14N2O4/c22-18(14-9-5-2-6-10-14)20-16(19(23)24)11-15-12-17(25-21-15)13-7-3-1-4-8-13/h1-12H,(H,20,22)(H,23,24)/b16-11-. The van der Waals surface area contributed by atoms with Gasteiger partial charge in [0.05, 0.1) is 0 Å². The van der Waals surface area contributed by atoms with Crippen molar-refractivity contribution in [2.45, 2.75) is 0 Å². The Balaban J connectivity index is 1.82. The molecule has 6 heteroatoms. The van der Waals surface area contributed by atoms with Crippen molar-refractivity contribution in [3.63, 3.8) is 0 Å². The molecule has 1 heterocycles. The second kappa shape index (κ2) is 7.27. The van der Waals surface area contributed by atoms with Crippen LogP contribution in [0.5, 0.6) is 0 Å². The summed E-state index contributed by atoms with van der Waals surface area (Å²) in [5.74, 6) is -1.28. The van der Waals surface area contributed by atoms with Crippen LogP contribution >= 0.6 is 0 Å². The third kappa shape index (κ3) is 4.00. The van der Waals surface area contributed by atoms with E-state index in [1.807, 2.05) is 30.3 Å². The van der Waals surface area contributed by atoms with Gasteiger partial charge in [-0.2, -0.15) is 0 Å². The molecule has 0 fully saturated rings. The van der Waals surface area contributed by atoms with Crippen LogP contribution in [0.2, 0.25) is 0 Å². The molecule has 1 amide bonds. The minimum Gasteiger partial charge on any atom is -0.477 e. The summed E-state index contributed by atoms with van der Waals surface area (Å²) in [6.07, 6.45) is 1.25. The summed E-state index contributed by atoms with van der Waals surface area (Å²) >= 11 is 0. The predicted molar refractivity (Wildman–Crippen MR) is 91.5 cm³/mol. The van der Waals surface area contributed by atoms with Gasteiger partial charge < -0.3 is 14.9 Å². The van der Waals surface area contributed by atoms with E-state index in [1.165, 1.54) is 6.08 Å². The lowest BCUT2D eigenvalue weighted by Crippen LogP contribution is -2.27. The minimum atomic E-state index is -1.27. The van der Waals surface area contributed by atoms with E-state index >= 15 is 0 Å². The van der Waals surface area contributed by atoms with Crippen LogP contribution in [-0.2, 0) is 4.79 Å². The van der Waals surface area contributed by atoms with Crippen molar-refractivity contribution in [1.29, 1.82) is 0 Å². The molecule has 6 nitrogen and oxygen atoms in total. The van der Waals surface area contributed by atoms with Crippen LogP contribution in [0.25, 0.3) is 17.4 Å². The Morgan fingerprint density at radius 1 is 1.00 bits per heavy atom. The van der Waals surface area contributed by atoms with Crippen LogP contribution in [0, 0.1) is 0 Å². The molecule has 0 radical (unpaired) electrons. The maximum absolute atomic E-state index is 12.1. The number of carbonyl (C=O) groups is 2. The number of benzene rings is 2. The van der Waals surface area contributed by atoms with E-state index in [2.05, 4.69) is 10.5 Å². The van der Waals surface area contributed by atoms with Gasteiger partial charge >= 0.3 is 5.97 Å². The SMILES string of the molecule is O=C(O)/C(=C/c1cc(-c2ccccc2)on1)NC(=O)c1ccccc1. The number of carbonyl (C=O) groups excluding carboxylic acids is 1. The summed E-state index contributed by atoms with van der Waals surface area (Å²) < 4.78 is 5.22. The van der Waals surface area contributed by atoms with E-state index in [0.29, 0.717) is 17.0 Å². The lowest BCUT2D eigenvalue weighted by Gasteiger charge is -2.05. The Hall–Kier alpha value is -3.67. The highest BCUT2D eigenvalue weighted by Gasteiger charge is 2.14. The maximum Gasteiger partial charge on any atom is 0.352 e. The molecule has 0 aliphatic heterocycles. The third-order valence-corrected chi connectivity index (χ3v) is 3.39. The van der Waals surface area contributed by atoms with Crippen LogP contribution in [0.15, 0.2) is 77.0 Å². The minimum absolute atomic E-state index is 0.290. The Morgan fingerprint density at radius 2 is 1.64 bits per heavy atom. The number of nitrogens with zero attached hydrogens (tertiary/aromatic N) is 1. The van der Waals surface area contributed by atoms with E-state index in [0.717, 1.165) is 5.56 Å². The van der Waals surface area contributed by atoms with Gasteiger partial charge in [0.15, 0.2) is 5.76 Å². The summed E-state index contributed by atoms with van der Waals surface area (Å²) in [6.45, 7) is 0. The first-order valence-corrected chi connectivity index (χ1v) is 7.47. The maximum atomic E-state index is 12.1. The van der Waals surface area contributed by atoms with Gasteiger partial charge in [-0.3, -0.25) is 4.79 Å². The molecular weight excluding hydrogens is 320 g/mol. The number of amides is 1. The normalized spacial score (nSPS) is 11.1. The lowest BCUT2D eigenvalue weighted by atomic mass is 10.1. The average Bonchev–Trinajstić information content (AvgIpc) is 3.11. The van der Waals surface area contributed by atoms with E-state index in [-0.39, 0.29) is 5.70 Å². The number of aliphatic carboxylic acids is 1. The van der Waals surface area contributed by atoms with E-state index in [4.69, 9.17) is 4.52 Å². The van der Waals surface area contributed by atoms with Gasteiger partial charge in [-0.1, -0.05) is 53.7 Å². The lowest BCUT2D eigenvalue weighted by molar-refractivity contribution is -0.132. The molecule has 0 atom stereocenters. The van der Waals surface area contributed by atoms with Gasteiger partial charge in [-0.15, -0.1) is 0 Å². The molecule has 0 saturated carbocycles. The van der Waals surface area contributed by atoms with Gasteiger partial charge in [-0.25, -0.2) is 4.79 Å². The van der Waals surface area contributed by atoms with Crippen molar-refractivity contribution in [2.75, 3.05) is 0 Å². The molecule has 1 aromatic heterocycles. The number of rotatable bonds is 5. The van der Waals surface area contributed by atoms with Crippen molar-refractivity contribution in [2.24, 2.45) is 0 Å². The fourth-order valence-electron chi connectivity index (χ4n) is 2.18. The predicted octanol–water partition coefficient (Wildman–Crippen LogP) is 3.20. The van der Waals surface area contributed by atoms with E-state index < -0.39 is 11.9 Å². The van der Waals surface area contributed by atoms with E-state index in [9.17, 15) is 14.7 Å². The first-order chi connectivity index (χ1) is 12.1. The van der Waals surface area contributed by atoms with Gasteiger partial charge in [0.25, 0.3) is 5.91 Å². The molecule has 3 aromatic rings. The van der Waals surface area contributed by atoms with Crippen LogP contribution in [-0.4, -0.2) is 22.1 Å². The second-order valence-corrected chi connectivity index (χ2v) is 5.17. The number of hydrogen-bond donors (Lipinski definition) is 2. The molecule has 0 unspecified atom stereocenters. The summed E-state index contributed by atoms with van der Waals surface area (Å²) in [5.41, 5.74) is 1.19. The van der Waals surface area contributed by atoms with Crippen molar-refractivity contribution in [3.05, 3.63) is 83.7 Å². The fraction of sp³-hybridized carbons (Fsp3) is 0. The number of carboxylic acids is 1. The summed E-state index contributed by atoms with van der Waals surface area (Å²) in [6, 6.07) is 19.3. The van der Waals surface area contributed by atoms with Crippen LogP contribution in [0.1, 0.15) is 16.1 Å². The molecule has 0 bridgehead atoms. The van der Waals surface area contributed by atoms with Crippen LogP contribution in [0.3, 0.4) is 0 Å². The molecule has 25 heavy (non-hydrogen) atoms. The second-order valence-electron chi connectivity index (χ2n) is 5.17. The zero-order valence-corrected chi connectivity index (χ0v) is 13.0. The number of aromatic nitrogens is 1. The van der Waals surface area contributed by atoms with Crippen molar-refractivity contribution in [3.8, 4) is 11.3 Å². The third-order valence-electron chi connectivity index (χ3n) is 3.39. The van der Waals surface area contributed by atoms with Gasteiger partial charge in [-0.05, 0) is 18.2 Å². The molecular formula is C19H14N2O4. The van der Waals surface area contributed by atoms with Crippen LogP contribution < -0.4 is 5.32 Å². The van der Waals surface area contributed by atoms with Gasteiger partial charge in [0.2, 0.25) is 0 Å². The zero-order chi connectivity index (χ0) is 17.6. The molecule has 0 spiro atoms. The summed E-state index contributed by atoms with van der Waals surface area (Å²) in [7, 11) is 0. The topological polar surface area (TPSA) is 92.4 Å².